The van der Waals surface area contributed by atoms with E-state index >= 15 is 0 Å². The molecule has 3 fully saturated rings. The van der Waals surface area contributed by atoms with Gasteiger partial charge >= 0.3 is 0 Å². The number of likely N-dealkylation sites (tertiary alicyclic amines) is 1. The number of benzene rings is 1. The van der Waals surface area contributed by atoms with E-state index < -0.39 is 17.1 Å². The molecule has 0 unspecified atom stereocenters. The lowest BCUT2D eigenvalue weighted by molar-refractivity contribution is -0.950. The summed E-state index contributed by atoms with van der Waals surface area (Å²) in [6.45, 7) is 1.96. The Morgan fingerprint density at radius 2 is 2.04 bits per heavy atom. The molecule has 1 aromatic carbocycles. The largest absolute Gasteiger partial charge is 0.504 e. The van der Waals surface area contributed by atoms with Crippen molar-refractivity contribution in [3.8, 4) is 17.2 Å². The maximum atomic E-state index is 12.8. The number of quaternary nitrogens is 1. The maximum absolute atomic E-state index is 12.8. The van der Waals surface area contributed by atoms with Gasteiger partial charge in [0, 0.05) is 30.7 Å². The summed E-state index contributed by atoms with van der Waals surface area (Å²) in [5, 5.41) is 32.8. The summed E-state index contributed by atoms with van der Waals surface area (Å²) in [4.78, 5) is 12.8. The number of nitrogens with zero attached hydrogens (tertiary/aromatic N) is 1. The molecular weight excluding hydrogens is 358 g/mol. The average molecular weight is 387 g/mol. The standard InChI is InChI=1S/C21H25NO5.CH3/c1-22(10-11-2-3-11)7-6-20-16-12-8-14(24)17(25)18(16)27-19(20)13(23)4-5-21(20,26)15(22)9-12;/h8,11,15,19,26H,2-7,9-10H2,1H3,(H-,24,25);1H3/q;-1/p+1/t15-,19+,20+,21-,22-;/m1./s1. The van der Waals surface area contributed by atoms with Crippen molar-refractivity contribution >= 4 is 5.78 Å². The lowest BCUT2D eigenvalue weighted by Gasteiger charge is -2.64. The molecule has 6 heteroatoms. The number of hydrogen-bond donors (Lipinski definition) is 3. The summed E-state index contributed by atoms with van der Waals surface area (Å²) < 4.78 is 6.82. The summed E-state index contributed by atoms with van der Waals surface area (Å²) in [7, 11) is 2.25. The van der Waals surface area contributed by atoms with E-state index in [1.807, 2.05) is 0 Å². The van der Waals surface area contributed by atoms with Crippen molar-refractivity contribution in [1.82, 2.24) is 0 Å². The fourth-order valence-electron chi connectivity index (χ4n) is 7.00. The van der Waals surface area contributed by atoms with Crippen LogP contribution in [0.1, 0.15) is 43.2 Å². The fraction of sp³-hybridized carbons (Fsp3) is 0.636. The first-order valence-corrected chi connectivity index (χ1v) is 10.1. The minimum atomic E-state index is -1.02. The molecule has 0 radical (unpaired) electrons. The summed E-state index contributed by atoms with van der Waals surface area (Å²) in [5.74, 6) is 0.455. The van der Waals surface area contributed by atoms with Crippen molar-refractivity contribution < 1.29 is 29.3 Å². The first-order valence-electron chi connectivity index (χ1n) is 10.1. The van der Waals surface area contributed by atoms with Gasteiger partial charge in [-0.25, -0.2) is 0 Å². The van der Waals surface area contributed by atoms with Crippen LogP contribution in [-0.4, -0.2) is 63.5 Å². The van der Waals surface area contributed by atoms with Gasteiger partial charge in [0.25, 0.3) is 0 Å². The van der Waals surface area contributed by atoms with Gasteiger partial charge in [-0.3, -0.25) is 4.79 Å². The summed E-state index contributed by atoms with van der Waals surface area (Å²) >= 11 is 0. The third-order valence-corrected chi connectivity index (χ3v) is 8.37. The number of rotatable bonds is 2. The monoisotopic (exact) mass is 387 g/mol. The molecule has 2 heterocycles. The number of aliphatic hydroxyl groups is 1. The number of phenols is 2. The number of aromatic hydroxyl groups is 2. The predicted molar refractivity (Wildman–Crippen MR) is 102 cm³/mol. The first-order chi connectivity index (χ1) is 12.8. The number of ether oxygens (including phenoxy) is 1. The molecule has 6 rings (SSSR count). The Kier molecular flexibility index (Phi) is 3.40. The molecule has 5 atom stereocenters. The highest BCUT2D eigenvalue weighted by Crippen LogP contribution is 2.66. The second-order valence-electron chi connectivity index (χ2n) is 9.77. The number of hydrogen-bond acceptors (Lipinski definition) is 5. The summed E-state index contributed by atoms with van der Waals surface area (Å²) in [6.07, 6.45) is 3.85. The van der Waals surface area contributed by atoms with Gasteiger partial charge < -0.3 is 32.0 Å². The number of piperidine rings is 1. The number of ketones is 1. The van der Waals surface area contributed by atoms with E-state index in [0.717, 1.165) is 34.6 Å². The molecule has 0 amide bonds. The van der Waals surface area contributed by atoms with Crippen LogP contribution in [0.5, 0.6) is 17.2 Å². The Bertz CT molecular complexity index is 895. The van der Waals surface area contributed by atoms with Crippen molar-refractivity contribution in [2.24, 2.45) is 5.92 Å². The number of carbonyl (C=O) groups excluding carboxylic acids is 1. The number of likely N-dealkylation sites (N-methyl/N-ethyl adjacent to an activating group) is 1. The van der Waals surface area contributed by atoms with Crippen LogP contribution in [0.2, 0.25) is 0 Å². The summed E-state index contributed by atoms with van der Waals surface area (Å²) in [5.41, 5.74) is -0.100. The number of Topliss-reactive ketones (excluding diaryl/α,β-unsaturated/α-hetero) is 1. The normalized spacial score (nSPS) is 42.4. The minimum absolute atomic E-state index is 0. The number of phenolic OH excluding ortho intramolecular Hbond substituents is 2. The van der Waals surface area contributed by atoms with Gasteiger partial charge in [0.2, 0.25) is 5.75 Å². The molecule has 2 bridgehead atoms. The van der Waals surface area contributed by atoms with E-state index in [9.17, 15) is 20.1 Å². The van der Waals surface area contributed by atoms with E-state index in [-0.39, 0.29) is 36.5 Å². The zero-order valence-electron chi connectivity index (χ0n) is 16.6. The molecule has 28 heavy (non-hydrogen) atoms. The van der Waals surface area contributed by atoms with Gasteiger partial charge in [0.05, 0.1) is 25.6 Å². The molecule has 2 saturated carbocycles. The molecular formula is C22H29NO5. The molecule has 3 aliphatic carbocycles. The Balaban J connectivity index is 0.00000171. The second kappa shape index (κ2) is 5.22. The van der Waals surface area contributed by atoms with Crippen LogP contribution in [0.15, 0.2) is 6.07 Å². The molecule has 1 spiro atoms. The third kappa shape index (κ3) is 1.84. The van der Waals surface area contributed by atoms with Crippen LogP contribution < -0.4 is 4.74 Å². The molecule has 0 aromatic heterocycles. The van der Waals surface area contributed by atoms with Crippen LogP contribution >= 0.6 is 0 Å². The van der Waals surface area contributed by atoms with E-state index in [2.05, 4.69) is 7.05 Å². The molecule has 5 aliphatic rings. The maximum Gasteiger partial charge on any atom is 0.200 e. The van der Waals surface area contributed by atoms with Gasteiger partial charge in [-0.2, -0.15) is 0 Å². The Hall–Kier alpha value is -1.79. The zero-order valence-corrected chi connectivity index (χ0v) is 16.6. The zero-order chi connectivity index (χ0) is 18.8. The Morgan fingerprint density at radius 3 is 2.75 bits per heavy atom. The van der Waals surface area contributed by atoms with E-state index in [1.54, 1.807) is 6.07 Å². The number of carbonyl (C=O) groups is 1. The minimum Gasteiger partial charge on any atom is -0.504 e. The van der Waals surface area contributed by atoms with Crippen molar-refractivity contribution in [2.45, 2.75) is 61.7 Å². The molecule has 3 N–H and O–H groups in total. The Labute approximate surface area is 165 Å². The molecule has 152 valence electrons. The van der Waals surface area contributed by atoms with Gasteiger partial charge in [-0.1, -0.05) is 0 Å². The van der Waals surface area contributed by atoms with Crippen LogP contribution in [0, 0.1) is 13.3 Å². The lowest BCUT2D eigenvalue weighted by Crippen LogP contribution is -2.80. The van der Waals surface area contributed by atoms with Gasteiger partial charge in [-0.05, 0) is 30.9 Å². The predicted octanol–water partition coefficient (Wildman–Crippen LogP) is 1.83. The van der Waals surface area contributed by atoms with Gasteiger partial charge in [0.15, 0.2) is 23.4 Å². The molecule has 1 aromatic rings. The lowest BCUT2D eigenvalue weighted by atomic mass is 9.48. The van der Waals surface area contributed by atoms with Gasteiger partial charge in [0.1, 0.15) is 11.6 Å². The van der Waals surface area contributed by atoms with E-state index in [4.69, 9.17) is 4.74 Å². The van der Waals surface area contributed by atoms with Crippen molar-refractivity contribution in [3.05, 3.63) is 24.6 Å². The topological polar surface area (TPSA) is 87.0 Å². The fourth-order valence-corrected chi connectivity index (χ4v) is 7.00. The first kappa shape index (κ1) is 18.3. The smallest absolute Gasteiger partial charge is 0.200 e. The van der Waals surface area contributed by atoms with E-state index in [0.29, 0.717) is 25.7 Å². The van der Waals surface area contributed by atoms with E-state index in [1.165, 1.54) is 12.8 Å². The molecule has 1 saturated heterocycles. The van der Waals surface area contributed by atoms with Crippen molar-refractivity contribution in [3.63, 3.8) is 0 Å². The third-order valence-electron chi connectivity index (χ3n) is 8.37. The van der Waals surface area contributed by atoms with Crippen LogP contribution in [0.3, 0.4) is 0 Å². The highest BCUT2D eigenvalue weighted by Gasteiger charge is 2.76. The second-order valence-corrected chi connectivity index (χ2v) is 9.77. The van der Waals surface area contributed by atoms with Crippen LogP contribution in [0.25, 0.3) is 0 Å². The van der Waals surface area contributed by atoms with Gasteiger partial charge in [-0.15, -0.1) is 0 Å². The molecule has 2 aliphatic heterocycles. The highest BCUT2D eigenvalue weighted by molar-refractivity contribution is 5.90. The average Bonchev–Trinajstić information content (AvgIpc) is 3.34. The summed E-state index contributed by atoms with van der Waals surface area (Å²) in [6, 6.07) is 1.61. The highest BCUT2D eigenvalue weighted by atomic mass is 16.5. The van der Waals surface area contributed by atoms with Crippen molar-refractivity contribution in [1.29, 1.82) is 0 Å². The van der Waals surface area contributed by atoms with Crippen molar-refractivity contribution in [2.75, 3.05) is 20.1 Å². The Morgan fingerprint density at radius 1 is 1.29 bits per heavy atom. The molecule has 6 nitrogen and oxygen atoms in total. The quantitative estimate of drug-likeness (QED) is 0.409. The van der Waals surface area contributed by atoms with Crippen LogP contribution in [-0.2, 0) is 16.6 Å². The SMILES string of the molecule is C[N@+]1(CC2CC2)CC[C@]23c4c5cc(O)c(O)c4O[C@H]2C(=O)CC[C@@]3(O)[C@H]1C5.[CH3-]. The van der Waals surface area contributed by atoms with Crippen LogP contribution in [0.4, 0.5) is 0 Å².